The fraction of sp³-hybridized carbons (Fsp3) is 0.409. The van der Waals surface area contributed by atoms with Gasteiger partial charge in [0.2, 0.25) is 0 Å². The molecule has 3 rings (SSSR count). The number of nitrogens with one attached hydrogen (secondary N) is 2. The number of aliphatic hydroxyl groups is 1. The van der Waals surface area contributed by atoms with Crippen LogP contribution >= 0.6 is 0 Å². The number of hydrogen-bond donors (Lipinski definition) is 3. The molecule has 0 radical (unpaired) electrons. The van der Waals surface area contributed by atoms with E-state index in [4.69, 9.17) is 4.74 Å². The lowest BCUT2D eigenvalue weighted by Crippen LogP contribution is -2.49. The molecule has 0 saturated heterocycles. The Morgan fingerprint density at radius 1 is 1.25 bits per heavy atom. The van der Waals surface area contributed by atoms with Gasteiger partial charge in [-0.15, -0.1) is 0 Å². The summed E-state index contributed by atoms with van der Waals surface area (Å²) in [6, 6.07) is 8.50. The molecule has 0 aliphatic carbocycles. The Balaban J connectivity index is 1.99. The summed E-state index contributed by atoms with van der Waals surface area (Å²) in [7, 11) is -2.18. The molecule has 3 atom stereocenters. The molecule has 2 aromatic rings. The summed E-state index contributed by atoms with van der Waals surface area (Å²) in [5.74, 6) is -0.581. The van der Waals surface area contributed by atoms with Gasteiger partial charge in [-0.05, 0) is 56.4 Å². The van der Waals surface area contributed by atoms with E-state index in [1.807, 2.05) is 14.0 Å². The second-order valence-electron chi connectivity index (χ2n) is 7.95. The summed E-state index contributed by atoms with van der Waals surface area (Å²) in [5.41, 5.74) is 0.359. The third-order valence-corrected chi connectivity index (χ3v) is 6.84. The Labute approximate surface area is 187 Å². The zero-order valence-corrected chi connectivity index (χ0v) is 19.0. The predicted octanol–water partition coefficient (Wildman–Crippen LogP) is 2.07. The van der Waals surface area contributed by atoms with Gasteiger partial charge in [-0.1, -0.05) is 6.92 Å². The van der Waals surface area contributed by atoms with E-state index in [1.54, 1.807) is 17.9 Å². The number of benzene rings is 2. The van der Waals surface area contributed by atoms with Crippen molar-refractivity contribution >= 4 is 21.6 Å². The monoisotopic (exact) mass is 465 g/mol. The van der Waals surface area contributed by atoms with Crippen molar-refractivity contribution in [3.8, 4) is 5.75 Å². The molecule has 0 fully saturated rings. The Bertz CT molecular complexity index is 1060. The highest BCUT2D eigenvalue weighted by Gasteiger charge is 2.33. The maximum absolute atomic E-state index is 13.3. The Hall–Kier alpha value is -2.69. The van der Waals surface area contributed by atoms with Gasteiger partial charge in [0.25, 0.3) is 15.9 Å². The number of ether oxygens (including phenoxy) is 1. The van der Waals surface area contributed by atoms with Gasteiger partial charge in [-0.2, -0.15) is 0 Å². The van der Waals surface area contributed by atoms with Crippen molar-refractivity contribution in [2.75, 3.05) is 31.5 Å². The maximum atomic E-state index is 13.3. The summed E-state index contributed by atoms with van der Waals surface area (Å²) in [6.07, 6.45) is -0.234. The zero-order chi connectivity index (χ0) is 23.5. The number of likely N-dealkylation sites (N-methyl/N-ethyl adjacent to an activating group) is 1. The second-order valence-corrected chi connectivity index (χ2v) is 9.63. The first kappa shape index (κ1) is 24.0. The number of carbonyl (C=O) groups is 1. The van der Waals surface area contributed by atoms with Gasteiger partial charge in [0.15, 0.2) is 0 Å². The number of halogens is 1. The molecule has 8 nitrogen and oxygen atoms in total. The van der Waals surface area contributed by atoms with Crippen LogP contribution in [0.1, 0.15) is 24.2 Å². The molecular formula is C22H28FN3O5S. The van der Waals surface area contributed by atoms with Crippen LogP contribution in [0.3, 0.4) is 0 Å². The third-order valence-electron chi connectivity index (χ3n) is 5.45. The Kier molecular flexibility index (Phi) is 7.37. The summed E-state index contributed by atoms with van der Waals surface area (Å²) in [5, 5.41) is 12.8. The lowest BCUT2D eigenvalue weighted by atomic mass is 9.99. The zero-order valence-electron chi connectivity index (χ0n) is 18.2. The molecule has 0 unspecified atom stereocenters. The van der Waals surface area contributed by atoms with E-state index in [9.17, 15) is 22.7 Å². The first-order valence-electron chi connectivity index (χ1n) is 10.3. The number of rotatable bonds is 7. The summed E-state index contributed by atoms with van der Waals surface area (Å²) in [4.78, 5) is 14.8. The number of amides is 1. The van der Waals surface area contributed by atoms with Crippen molar-refractivity contribution in [1.29, 1.82) is 0 Å². The van der Waals surface area contributed by atoms with E-state index in [0.29, 0.717) is 18.8 Å². The average Bonchev–Trinajstić information content (AvgIpc) is 2.76. The fourth-order valence-corrected chi connectivity index (χ4v) is 4.61. The van der Waals surface area contributed by atoms with E-state index < -0.39 is 21.9 Å². The molecule has 10 heteroatoms. The minimum Gasteiger partial charge on any atom is -0.488 e. The molecular weight excluding hydrogens is 437 g/mol. The van der Waals surface area contributed by atoms with Crippen LogP contribution in [0.25, 0.3) is 0 Å². The molecule has 0 aromatic heterocycles. The standard InChI is InChI=1S/C22H28FN3O5S/c1-14-12-26(15(2)13-27)22(28)19-10-17(6-9-20(19)31-21(14)11-24-3)25-32(29,30)18-7-4-16(23)5-8-18/h4-10,14-15,21,24-25,27H,11-13H2,1-3H3/t14-,15-,21-/m1/s1. The third kappa shape index (κ3) is 5.20. The van der Waals surface area contributed by atoms with Crippen molar-refractivity contribution in [2.24, 2.45) is 5.92 Å². The highest BCUT2D eigenvalue weighted by molar-refractivity contribution is 7.92. The summed E-state index contributed by atoms with van der Waals surface area (Å²) in [6.45, 7) is 4.44. The number of carbonyl (C=O) groups excluding carboxylic acids is 1. The molecule has 32 heavy (non-hydrogen) atoms. The first-order chi connectivity index (χ1) is 15.2. The van der Waals surface area contributed by atoms with Gasteiger partial charge in [-0.25, -0.2) is 12.8 Å². The number of fused-ring (bicyclic) bond motifs is 1. The van der Waals surface area contributed by atoms with Crippen LogP contribution < -0.4 is 14.8 Å². The minimum atomic E-state index is -3.99. The van der Waals surface area contributed by atoms with Gasteiger partial charge in [0.1, 0.15) is 17.7 Å². The summed E-state index contributed by atoms with van der Waals surface area (Å²) >= 11 is 0. The molecule has 1 amide bonds. The fourth-order valence-electron chi connectivity index (χ4n) is 3.56. The highest BCUT2D eigenvalue weighted by Crippen LogP contribution is 2.31. The quantitative estimate of drug-likeness (QED) is 0.578. The molecule has 0 saturated carbocycles. The van der Waals surface area contributed by atoms with Crippen molar-refractivity contribution < 1.29 is 27.4 Å². The lowest BCUT2D eigenvalue weighted by Gasteiger charge is -2.37. The van der Waals surface area contributed by atoms with Gasteiger partial charge in [0, 0.05) is 24.7 Å². The van der Waals surface area contributed by atoms with E-state index >= 15 is 0 Å². The van der Waals surface area contributed by atoms with Gasteiger partial charge >= 0.3 is 0 Å². The lowest BCUT2D eigenvalue weighted by molar-refractivity contribution is 0.0416. The van der Waals surface area contributed by atoms with Crippen molar-refractivity contribution in [1.82, 2.24) is 10.2 Å². The van der Waals surface area contributed by atoms with Crippen LogP contribution in [0.2, 0.25) is 0 Å². The number of aliphatic hydroxyl groups excluding tert-OH is 1. The van der Waals surface area contributed by atoms with Gasteiger partial charge in [0.05, 0.1) is 23.1 Å². The average molecular weight is 466 g/mol. The number of hydrogen-bond acceptors (Lipinski definition) is 6. The smallest absolute Gasteiger partial charge is 0.261 e. The molecule has 1 aliphatic rings. The normalized spacial score (nSPS) is 20.0. The first-order valence-corrected chi connectivity index (χ1v) is 11.8. The van der Waals surface area contributed by atoms with Crippen molar-refractivity contribution in [3.05, 3.63) is 53.8 Å². The van der Waals surface area contributed by atoms with Crippen LogP contribution in [0.15, 0.2) is 47.4 Å². The highest BCUT2D eigenvalue weighted by atomic mass is 32.2. The minimum absolute atomic E-state index is 0.00907. The molecule has 1 heterocycles. The Morgan fingerprint density at radius 3 is 2.56 bits per heavy atom. The molecule has 0 bridgehead atoms. The topological polar surface area (TPSA) is 108 Å². The van der Waals surface area contributed by atoms with Gasteiger partial charge in [-0.3, -0.25) is 9.52 Å². The van der Waals surface area contributed by atoms with Crippen LogP contribution in [-0.2, 0) is 10.0 Å². The van der Waals surface area contributed by atoms with E-state index in [-0.39, 0.29) is 40.7 Å². The van der Waals surface area contributed by atoms with Crippen molar-refractivity contribution in [3.63, 3.8) is 0 Å². The second kappa shape index (κ2) is 9.85. The van der Waals surface area contributed by atoms with Crippen LogP contribution in [-0.4, -0.2) is 63.2 Å². The van der Waals surface area contributed by atoms with E-state index in [1.165, 1.54) is 12.1 Å². The number of nitrogens with zero attached hydrogens (tertiary/aromatic N) is 1. The number of sulfonamides is 1. The summed E-state index contributed by atoms with van der Waals surface area (Å²) < 4.78 is 47.1. The molecule has 2 aromatic carbocycles. The molecule has 3 N–H and O–H groups in total. The van der Waals surface area contributed by atoms with Crippen LogP contribution in [0.5, 0.6) is 5.75 Å². The molecule has 1 aliphatic heterocycles. The van der Waals surface area contributed by atoms with Crippen molar-refractivity contribution in [2.45, 2.75) is 30.9 Å². The predicted molar refractivity (Wildman–Crippen MR) is 119 cm³/mol. The molecule has 0 spiro atoms. The van der Waals surface area contributed by atoms with E-state index in [0.717, 1.165) is 24.3 Å². The van der Waals surface area contributed by atoms with E-state index in [2.05, 4.69) is 10.0 Å². The maximum Gasteiger partial charge on any atom is 0.261 e. The van der Waals surface area contributed by atoms with Crippen LogP contribution in [0, 0.1) is 11.7 Å². The molecule has 174 valence electrons. The van der Waals surface area contributed by atoms with Crippen LogP contribution in [0.4, 0.5) is 10.1 Å². The largest absolute Gasteiger partial charge is 0.488 e. The SMILES string of the molecule is CNC[C@H]1Oc2ccc(NS(=O)(=O)c3ccc(F)cc3)cc2C(=O)N([C@H](C)CO)C[C@H]1C. The Morgan fingerprint density at radius 2 is 1.94 bits per heavy atom. The van der Waals surface area contributed by atoms with Gasteiger partial charge < -0.3 is 20.1 Å². The number of anilines is 1.